The minimum atomic E-state index is -1.54. The Hall–Kier alpha value is -3.30. The third-order valence-corrected chi connectivity index (χ3v) is 6.20. The van der Waals surface area contributed by atoms with Gasteiger partial charge >= 0.3 is 24.1 Å². The lowest BCUT2D eigenvalue weighted by Crippen LogP contribution is -2.59. The molecule has 192 valence electrons. The lowest BCUT2D eigenvalue weighted by Gasteiger charge is -2.33. The van der Waals surface area contributed by atoms with Crippen molar-refractivity contribution >= 4 is 29.8 Å². The third-order valence-electron chi connectivity index (χ3n) is 6.20. The van der Waals surface area contributed by atoms with Crippen molar-refractivity contribution in [2.75, 3.05) is 18.5 Å². The molecule has 2 aliphatic carbocycles. The lowest BCUT2D eigenvalue weighted by molar-refractivity contribution is -0.153. The van der Waals surface area contributed by atoms with Gasteiger partial charge in [-0.25, -0.2) is 14.4 Å². The molecule has 10 heteroatoms. The van der Waals surface area contributed by atoms with Gasteiger partial charge in [0.1, 0.15) is 11.1 Å². The van der Waals surface area contributed by atoms with Crippen molar-refractivity contribution < 1.29 is 33.4 Å². The third kappa shape index (κ3) is 5.86. The van der Waals surface area contributed by atoms with E-state index in [9.17, 15) is 19.2 Å². The van der Waals surface area contributed by atoms with Crippen molar-refractivity contribution in [3.05, 3.63) is 29.8 Å². The van der Waals surface area contributed by atoms with E-state index in [0.29, 0.717) is 5.69 Å². The van der Waals surface area contributed by atoms with Crippen molar-refractivity contribution in [3.8, 4) is 0 Å². The Morgan fingerprint density at radius 1 is 1.03 bits per heavy atom. The van der Waals surface area contributed by atoms with E-state index >= 15 is 0 Å². The molecule has 0 aromatic heterocycles. The average Bonchev–Trinajstić information content (AvgIpc) is 3.42. The van der Waals surface area contributed by atoms with Crippen LogP contribution >= 0.6 is 0 Å². The molecule has 2 fully saturated rings. The van der Waals surface area contributed by atoms with Crippen molar-refractivity contribution in [2.45, 2.75) is 65.1 Å². The van der Waals surface area contributed by atoms with Gasteiger partial charge in [-0.2, -0.15) is 0 Å². The van der Waals surface area contributed by atoms with Crippen LogP contribution in [0.4, 0.5) is 15.3 Å². The molecule has 0 bridgehead atoms. The fourth-order valence-corrected chi connectivity index (χ4v) is 4.90. The molecule has 2 saturated carbocycles. The highest BCUT2D eigenvalue weighted by atomic mass is 16.6. The van der Waals surface area contributed by atoms with E-state index in [1.165, 1.54) is 0 Å². The second kappa shape index (κ2) is 10.1. The quantitative estimate of drug-likeness (QED) is 0.396. The minimum Gasteiger partial charge on any atom is -0.466 e. The molecule has 35 heavy (non-hydrogen) atoms. The smallest absolute Gasteiger partial charge is 0.408 e. The number of ether oxygens (including phenoxy) is 3. The molecular weight excluding hydrogens is 454 g/mol. The first-order chi connectivity index (χ1) is 16.4. The number of anilines is 1. The van der Waals surface area contributed by atoms with Crippen LogP contribution in [0.3, 0.4) is 0 Å². The predicted molar refractivity (Wildman–Crippen MR) is 128 cm³/mol. The maximum Gasteiger partial charge on any atom is 0.408 e. The Bertz CT molecular complexity index is 972. The molecule has 2 aliphatic rings. The van der Waals surface area contributed by atoms with Crippen molar-refractivity contribution in [3.63, 3.8) is 0 Å². The normalized spacial score (nSPS) is 26.7. The SMILES string of the molecule is CCOC(=O)C1C2C(NC(=O)Nc3ccc(C)cc3)CC(NC(=O)OC(C)(C)C)(C(=O)OCC)C12. The van der Waals surface area contributed by atoms with E-state index in [-0.39, 0.29) is 19.6 Å². The first kappa shape index (κ1) is 26.3. The monoisotopic (exact) mass is 489 g/mol. The molecule has 1 aromatic rings. The zero-order valence-corrected chi connectivity index (χ0v) is 21.1. The molecule has 0 heterocycles. The molecule has 3 N–H and O–H groups in total. The zero-order valence-electron chi connectivity index (χ0n) is 21.1. The van der Waals surface area contributed by atoms with Crippen LogP contribution in [-0.2, 0) is 23.8 Å². The Morgan fingerprint density at radius 2 is 1.66 bits per heavy atom. The van der Waals surface area contributed by atoms with Crippen LogP contribution in [0, 0.1) is 24.7 Å². The zero-order chi connectivity index (χ0) is 26.0. The maximum absolute atomic E-state index is 13.2. The summed E-state index contributed by atoms with van der Waals surface area (Å²) in [5, 5.41) is 8.34. The highest BCUT2D eigenvalue weighted by molar-refractivity contribution is 5.93. The van der Waals surface area contributed by atoms with Gasteiger partial charge in [-0.1, -0.05) is 17.7 Å². The number of carbonyl (C=O) groups excluding carboxylic acids is 4. The summed E-state index contributed by atoms with van der Waals surface area (Å²) < 4.78 is 15.9. The molecule has 5 atom stereocenters. The first-order valence-corrected chi connectivity index (χ1v) is 11.9. The van der Waals surface area contributed by atoms with Crippen LogP contribution in [0.5, 0.6) is 0 Å². The number of esters is 2. The molecule has 0 spiro atoms. The fourth-order valence-electron chi connectivity index (χ4n) is 4.90. The van der Waals surface area contributed by atoms with Gasteiger partial charge in [0.15, 0.2) is 0 Å². The van der Waals surface area contributed by atoms with E-state index < -0.39 is 59.0 Å². The van der Waals surface area contributed by atoms with Gasteiger partial charge < -0.3 is 30.2 Å². The molecule has 0 saturated heterocycles. The summed E-state index contributed by atoms with van der Waals surface area (Å²) in [5.74, 6) is -2.83. The van der Waals surface area contributed by atoms with Crippen LogP contribution in [0.2, 0.25) is 0 Å². The van der Waals surface area contributed by atoms with Crippen molar-refractivity contribution in [2.24, 2.45) is 17.8 Å². The molecule has 1 aromatic carbocycles. The molecule has 3 amide bonds. The Labute approximate surface area is 205 Å². The van der Waals surface area contributed by atoms with Gasteiger partial charge in [-0.05, 0) is 59.6 Å². The predicted octanol–water partition coefficient (Wildman–Crippen LogP) is 3.14. The molecule has 0 radical (unpaired) electrons. The number of urea groups is 1. The largest absolute Gasteiger partial charge is 0.466 e. The molecule has 3 rings (SSSR count). The number of aryl methyl sites for hydroxylation is 1. The highest BCUT2D eigenvalue weighted by Crippen LogP contribution is 2.63. The number of amides is 3. The molecule has 5 unspecified atom stereocenters. The van der Waals surface area contributed by atoms with E-state index in [1.54, 1.807) is 46.8 Å². The molecule has 10 nitrogen and oxygen atoms in total. The van der Waals surface area contributed by atoms with E-state index in [2.05, 4.69) is 16.0 Å². The lowest BCUT2D eigenvalue weighted by atomic mass is 9.89. The summed E-state index contributed by atoms with van der Waals surface area (Å²) in [6, 6.07) is 6.23. The Kier molecular flexibility index (Phi) is 7.62. The Morgan fingerprint density at radius 3 is 2.23 bits per heavy atom. The second-order valence-corrected chi connectivity index (χ2v) is 9.97. The standard InChI is InChI=1S/C25H35N3O7/c1-7-33-20(29)18-17-16(27-22(31)26-15-11-9-14(3)10-12-15)13-25(19(17)18,21(30)34-8-2)28-23(32)35-24(4,5)6/h9-12,16-19H,7-8,13H2,1-6H3,(H,28,32)(H2,26,27,31). The van der Waals surface area contributed by atoms with Crippen molar-refractivity contribution in [1.82, 2.24) is 10.6 Å². The van der Waals surface area contributed by atoms with Gasteiger partial charge in [0.25, 0.3) is 0 Å². The van der Waals surface area contributed by atoms with Gasteiger partial charge in [-0.3, -0.25) is 4.79 Å². The second-order valence-electron chi connectivity index (χ2n) is 9.97. The minimum absolute atomic E-state index is 0.0532. The molecular formula is C25H35N3O7. The fraction of sp³-hybridized carbons (Fsp3) is 0.600. The van der Waals surface area contributed by atoms with Crippen LogP contribution in [-0.4, -0.2) is 54.5 Å². The number of nitrogens with one attached hydrogen (secondary N) is 3. The van der Waals surface area contributed by atoms with Gasteiger partial charge in [0.05, 0.1) is 19.1 Å². The van der Waals surface area contributed by atoms with Crippen LogP contribution < -0.4 is 16.0 Å². The number of benzene rings is 1. The number of fused-ring (bicyclic) bond motifs is 1. The summed E-state index contributed by atoms with van der Waals surface area (Å²) >= 11 is 0. The number of alkyl carbamates (subject to hydrolysis) is 1. The topological polar surface area (TPSA) is 132 Å². The van der Waals surface area contributed by atoms with Gasteiger partial charge in [0, 0.05) is 24.1 Å². The van der Waals surface area contributed by atoms with E-state index in [1.807, 2.05) is 19.1 Å². The highest BCUT2D eigenvalue weighted by Gasteiger charge is 2.76. The van der Waals surface area contributed by atoms with Crippen LogP contribution in [0.15, 0.2) is 24.3 Å². The maximum atomic E-state index is 13.2. The number of carbonyl (C=O) groups is 4. The summed E-state index contributed by atoms with van der Waals surface area (Å²) in [6.07, 6.45) is -0.749. The summed E-state index contributed by atoms with van der Waals surface area (Å²) in [5.41, 5.74) is -0.684. The first-order valence-electron chi connectivity index (χ1n) is 11.9. The number of rotatable bonds is 7. The number of hydrogen-bond acceptors (Lipinski definition) is 7. The molecule has 0 aliphatic heterocycles. The van der Waals surface area contributed by atoms with E-state index in [0.717, 1.165) is 5.56 Å². The van der Waals surface area contributed by atoms with Crippen LogP contribution in [0.1, 0.15) is 46.6 Å². The van der Waals surface area contributed by atoms with Crippen molar-refractivity contribution in [1.29, 1.82) is 0 Å². The summed E-state index contributed by atoms with van der Waals surface area (Å²) in [4.78, 5) is 51.4. The Balaban J connectivity index is 1.86. The number of hydrogen-bond donors (Lipinski definition) is 3. The van der Waals surface area contributed by atoms with Crippen LogP contribution in [0.25, 0.3) is 0 Å². The summed E-state index contributed by atoms with van der Waals surface area (Å²) in [6.45, 7) is 10.7. The van der Waals surface area contributed by atoms with E-state index in [4.69, 9.17) is 14.2 Å². The summed E-state index contributed by atoms with van der Waals surface area (Å²) in [7, 11) is 0. The van der Waals surface area contributed by atoms with Gasteiger partial charge in [0.2, 0.25) is 0 Å². The van der Waals surface area contributed by atoms with Gasteiger partial charge in [-0.15, -0.1) is 0 Å². The average molecular weight is 490 g/mol.